The van der Waals surface area contributed by atoms with Gasteiger partial charge in [0.2, 0.25) is 5.91 Å². The average Bonchev–Trinajstić information content (AvgIpc) is 2.40. The first-order valence-corrected chi connectivity index (χ1v) is 7.71. The molecule has 21 heavy (non-hydrogen) atoms. The molecule has 0 aromatic heterocycles. The molecule has 0 bridgehead atoms. The second kappa shape index (κ2) is 6.48. The van der Waals surface area contributed by atoms with Crippen molar-refractivity contribution in [3.63, 3.8) is 0 Å². The smallest absolute Gasteiger partial charge is 0.248 e. The number of rotatable bonds is 3. The van der Waals surface area contributed by atoms with E-state index in [9.17, 15) is 4.79 Å². The Morgan fingerprint density at radius 3 is 2.57 bits per heavy atom. The van der Waals surface area contributed by atoms with E-state index >= 15 is 0 Å². The van der Waals surface area contributed by atoms with Gasteiger partial charge in [-0.15, -0.1) is 0 Å². The maximum atomic E-state index is 12.0. The van der Waals surface area contributed by atoms with Gasteiger partial charge < -0.3 is 5.32 Å². The number of amides is 1. The molecule has 0 radical (unpaired) electrons. The molecule has 0 unspecified atom stereocenters. The van der Waals surface area contributed by atoms with Crippen LogP contribution in [0.1, 0.15) is 40.0 Å². The SMILES string of the molecule is CC1=C(/C=C/C(=O)Nc2ccc(Cl)cc2)C(C)(C)CCC1. The van der Waals surface area contributed by atoms with Crippen LogP contribution in [0.25, 0.3) is 0 Å². The molecule has 0 atom stereocenters. The van der Waals surface area contributed by atoms with E-state index in [4.69, 9.17) is 11.6 Å². The minimum absolute atomic E-state index is 0.112. The van der Waals surface area contributed by atoms with E-state index in [0.29, 0.717) is 5.02 Å². The zero-order valence-electron chi connectivity index (χ0n) is 12.9. The van der Waals surface area contributed by atoms with Crippen LogP contribution in [-0.2, 0) is 4.79 Å². The predicted molar refractivity (Wildman–Crippen MR) is 89.6 cm³/mol. The van der Waals surface area contributed by atoms with Crippen LogP contribution >= 0.6 is 11.6 Å². The third-order valence-corrected chi connectivity index (χ3v) is 4.31. The van der Waals surface area contributed by atoms with Crippen molar-refractivity contribution in [1.82, 2.24) is 0 Å². The second-order valence-corrected chi connectivity index (χ2v) is 6.70. The molecule has 1 N–H and O–H groups in total. The van der Waals surface area contributed by atoms with Crippen LogP contribution in [0.3, 0.4) is 0 Å². The standard InChI is InChI=1S/C18H22ClNO/c1-13-5-4-12-18(2,3)16(13)10-11-17(21)20-15-8-6-14(19)7-9-15/h6-11H,4-5,12H2,1-3H3,(H,20,21)/b11-10+. The van der Waals surface area contributed by atoms with Gasteiger partial charge in [0, 0.05) is 16.8 Å². The minimum atomic E-state index is -0.112. The fraction of sp³-hybridized carbons (Fsp3) is 0.389. The zero-order chi connectivity index (χ0) is 15.5. The Labute approximate surface area is 131 Å². The number of benzene rings is 1. The molecule has 0 saturated heterocycles. The van der Waals surface area contributed by atoms with Crippen molar-refractivity contribution in [3.8, 4) is 0 Å². The average molecular weight is 304 g/mol. The van der Waals surface area contributed by atoms with Crippen molar-refractivity contribution in [2.45, 2.75) is 40.0 Å². The first kappa shape index (κ1) is 15.8. The normalized spacial score (nSPS) is 18.1. The number of allylic oxidation sites excluding steroid dienone is 3. The molecule has 2 rings (SSSR count). The van der Waals surface area contributed by atoms with Gasteiger partial charge in [-0.3, -0.25) is 4.79 Å². The van der Waals surface area contributed by atoms with Gasteiger partial charge in [-0.25, -0.2) is 0 Å². The molecule has 0 heterocycles. The highest BCUT2D eigenvalue weighted by molar-refractivity contribution is 6.30. The van der Waals surface area contributed by atoms with Gasteiger partial charge in [0.1, 0.15) is 0 Å². The maximum absolute atomic E-state index is 12.0. The lowest BCUT2D eigenvalue weighted by Gasteiger charge is -2.32. The lowest BCUT2D eigenvalue weighted by molar-refractivity contribution is -0.111. The summed E-state index contributed by atoms with van der Waals surface area (Å²) in [5.41, 5.74) is 3.59. The lowest BCUT2D eigenvalue weighted by atomic mass is 9.72. The maximum Gasteiger partial charge on any atom is 0.248 e. The number of anilines is 1. The van der Waals surface area contributed by atoms with E-state index in [1.54, 1.807) is 30.3 Å². The Hall–Kier alpha value is -1.54. The second-order valence-electron chi connectivity index (χ2n) is 6.26. The highest BCUT2D eigenvalue weighted by Crippen LogP contribution is 2.40. The van der Waals surface area contributed by atoms with Crippen molar-refractivity contribution in [3.05, 3.63) is 52.6 Å². The zero-order valence-corrected chi connectivity index (χ0v) is 13.6. The quantitative estimate of drug-likeness (QED) is 0.748. The summed E-state index contributed by atoms with van der Waals surface area (Å²) in [7, 11) is 0. The van der Waals surface area contributed by atoms with E-state index in [1.165, 1.54) is 24.0 Å². The fourth-order valence-electron chi connectivity index (χ4n) is 2.89. The molecule has 1 aromatic carbocycles. The van der Waals surface area contributed by atoms with Gasteiger partial charge in [-0.05, 0) is 61.4 Å². The summed E-state index contributed by atoms with van der Waals surface area (Å²) >= 11 is 5.83. The van der Waals surface area contributed by atoms with Gasteiger partial charge in [0.05, 0.1) is 0 Å². The highest BCUT2D eigenvalue weighted by Gasteiger charge is 2.26. The van der Waals surface area contributed by atoms with E-state index in [-0.39, 0.29) is 11.3 Å². The Morgan fingerprint density at radius 2 is 1.95 bits per heavy atom. The van der Waals surface area contributed by atoms with Crippen molar-refractivity contribution in [2.24, 2.45) is 5.41 Å². The fourth-order valence-corrected chi connectivity index (χ4v) is 3.01. The summed E-state index contributed by atoms with van der Waals surface area (Å²) in [5.74, 6) is -0.112. The molecule has 3 heteroatoms. The van der Waals surface area contributed by atoms with Crippen LogP contribution in [-0.4, -0.2) is 5.91 Å². The van der Waals surface area contributed by atoms with Crippen LogP contribution < -0.4 is 5.32 Å². The van der Waals surface area contributed by atoms with Gasteiger partial charge in [0.15, 0.2) is 0 Å². The number of hydrogen-bond acceptors (Lipinski definition) is 1. The number of nitrogens with one attached hydrogen (secondary N) is 1. The van der Waals surface area contributed by atoms with Gasteiger partial charge in [-0.1, -0.05) is 37.1 Å². The number of carbonyl (C=O) groups is 1. The topological polar surface area (TPSA) is 29.1 Å². The molecule has 0 aliphatic heterocycles. The highest BCUT2D eigenvalue weighted by atomic mass is 35.5. The number of halogens is 1. The monoisotopic (exact) mass is 303 g/mol. The van der Waals surface area contributed by atoms with E-state index < -0.39 is 0 Å². The van der Waals surface area contributed by atoms with Gasteiger partial charge in [0.25, 0.3) is 0 Å². The van der Waals surface area contributed by atoms with E-state index in [1.807, 2.05) is 6.08 Å². The van der Waals surface area contributed by atoms with E-state index in [0.717, 1.165) is 12.1 Å². The summed E-state index contributed by atoms with van der Waals surface area (Å²) in [4.78, 5) is 12.0. The van der Waals surface area contributed by atoms with E-state index in [2.05, 4.69) is 26.1 Å². The molecule has 0 spiro atoms. The first-order chi connectivity index (χ1) is 9.88. The molecular weight excluding hydrogens is 282 g/mol. The third kappa shape index (κ3) is 4.21. The van der Waals surface area contributed by atoms with Gasteiger partial charge in [-0.2, -0.15) is 0 Å². The van der Waals surface area contributed by atoms with Crippen molar-refractivity contribution in [1.29, 1.82) is 0 Å². The summed E-state index contributed by atoms with van der Waals surface area (Å²) in [6.07, 6.45) is 7.12. The number of carbonyl (C=O) groups excluding carboxylic acids is 1. The van der Waals surface area contributed by atoms with Crippen LogP contribution in [0.2, 0.25) is 5.02 Å². The van der Waals surface area contributed by atoms with Gasteiger partial charge >= 0.3 is 0 Å². The van der Waals surface area contributed by atoms with Crippen molar-refractivity contribution < 1.29 is 4.79 Å². The Bertz CT molecular complexity index is 582. The van der Waals surface area contributed by atoms with Crippen molar-refractivity contribution >= 4 is 23.2 Å². The van der Waals surface area contributed by atoms with Crippen LogP contribution in [0, 0.1) is 5.41 Å². The molecule has 0 fully saturated rings. The lowest BCUT2D eigenvalue weighted by Crippen LogP contribution is -2.19. The molecule has 1 aromatic rings. The van der Waals surface area contributed by atoms with Crippen LogP contribution in [0.15, 0.2) is 47.6 Å². The Kier molecular flexibility index (Phi) is 4.89. The predicted octanol–water partition coefficient (Wildman–Crippen LogP) is 5.36. The Morgan fingerprint density at radius 1 is 1.29 bits per heavy atom. The molecule has 0 saturated carbocycles. The minimum Gasteiger partial charge on any atom is -0.323 e. The summed E-state index contributed by atoms with van der Waals surface area (Å²) in [5, 5.41) is 3.50. The van der Waals surface area contributed by atoms with Crippen molar-refractivity contribution in [2.75, 3.05) is 5.32 Å². The largest absolute Gasteiger partial charge is 0.323 e. The summed E-state index contributed by atoms with van der Waals surface area (Å²) in [6.45, 7) is 6.65. The summed E-state index contributed by atoms with van der Waals surface area (Å²) in [6, 6.07) is 7.11. The first-order valence-electron chi connectivity index (χ1n) is 7.33. The van der Waals surface area contributed by atoms with Crippen LogP contribution in [0.5, 0.6) is 0 Å². The molecule has 112 valence electrons. The molecule has 1 amide bonds. The molecular formula is C18H22ClNO. The number of hydrogen-bond donors (Lipinski definition) is 1. The summed E-state index contributed by atoms with van der Waals surface area (Å²) < 4.78 is 0. The molecule has 1 aliphatic carbocycles. The van der Waals surface area contributed by atoms with Crippen LogP contribution in [0.4, 0.5) is 5.69 Å². The molecule has 2 nitrogen and oxygen atoms in total. The third-order valence-electron chi connectivity index (χ3n) is 4.06. The molecule has 1 aliphatic rings. The Balaban J connectivity index is 2.06.